The molecular weight excluding hydrogens is 371 g/mol. The number of halogens is 3. The van der Waals surface area contributed by atoms with Crippen molar-refractivity contribution in [3.63, 3.8) is 0 Å². The first-order chi connectivity index (χ1) is 12.0. The molecule has 140 valence electrons. The summed E-state index contributed by atoms with van der Waals surface area (Å²) in [5.74, 6) is -0.388. The summed E-state index contributed by atoms with van der Waals surface area (Å²) in [5, 5.41) is 2.35. The Bertz CT molecular complexity index is 893. The maximum atomic E-state index is 12.7. The Morgan fingerprint density at radius 1 is 1.12 bits per heavy atom. The largest absolute Gasteiger partial charge is 0.481 e. The fourth-order valence-electron chi connectivity index (χ4n) is 2.04. The van der Waals surface area contributed by atoms with E-state index in [1.54, 1.807) is 0 Å². The highest BCUT2D eigenvalue weighted by molar-refractivity contribution is 7.90. The van der Waals surface area contributed by atoms with E-state index in [9.17, 15) is 26.4 Å². The highest BCUT2D eigenvalue weighted by atomic mass is 32.2. The summed E-state index contributed by atoms with van der Waals surface area (Å²) < 4.78 is 66.2. The second-order valence-corrected chi connectivity index (χ2v) is 7.59. The standard InChI is InChI=1S/C17H16F3NO4S/c1-11(25-14-6-8-15(9-7-14)26(2,23)24)16(22)21-13-5-3-4-12(10-13)17(18,19)20/h3-11H,1-2H3,(H,21,22). The van der Waals surface area contributed by atoms with Crippen LogP contribution in [0.1, 0.15) is 12.5 Å². The van der Waals surface area contributed by atoms with Crippen LogP contribution >= 0.6 is 0 Å². The van der Waals surface area contributed by atoms with Gasteiger partial charge >= 0.3 is 6.18 Å². The number of amides is 1. The smallest absolute Gasteiger partial charge is 0.416 e. The molecule has 0 aliphatic rings. The number of nitrogens with one attached hydrogen (secondary N) is 1. The number of sulfone groups is 1. The Morgan fingerprint density at radius 3 is 2.27 bits per heavy atom. The maximum absolute atomic E-state index is 12.7. The van der Waals surface area contributed by atoms with E-state index >= 15 is 0 Å². The molecule has 0 aromatic heterocycles. The number of anilines is 1. The average Bonchev–Trinajstić information content (AvgIpc) is 2.54. The Morgan fingerprint density at radius 2 is 1.73 bits per heavy atom. The van der Waals surface area contributed by atoms with Gasteiger partial charge in [0.2, 0.25) is 0 Å². The lowest BCUT2D eigenvalue weighted by molar-refractivity contribution is -0.137. The molecule has 26 heavy (non-hydrogen) atoms. The van der Waals surface area contributed by atoms with Crippen molar-refractivity contribution in [1.29, 1.82) is 0 Å². The minimum atomic E-state index is -4.51. The van der Waals surface area contributed by atoms with Crippen molar-refractivity contribution in [3.8, 4) is 5.75 Å². The van der Waals surface area contributed by atoms with Crippen LogP contribution in [0.25, 0.3) is 0 Å². The van der Waals surface area contributed by atoms with Crippen LogP contribution in [0.4, 0.5) is 18.9 Å². The molecule has 9 heteroatoms. The maximum Gasteiger partial charge on any atom is 0.416 e. The van der Waals surface area contributed by atoms with Gasteiger partial charge in [-0.2, -0.15) is 13.2 Å². The zero-order valence-electron chi connectivity index (χ0n) is 13.9. The topological polar surface area (TPSA) is 72.5 Å². The first kappa shape index (κ1) is 19.8. The highest BCUT2D eigenvalue weighted by Gasteiger charge is 2.30. The van der Waals surface area contributed by atoms with Gasteiger partial charge in [-0.1, -0.05) is 6.07 Å². The molecule has 0 aliphatic heterocycles. The lowest BCUT2D eigenvalue weighted by atomic mass is 10.2. The van der Waals surface area contributed by atoms with Crippen molar-refractivity contribution in [3.05, 3.63) is 54.1 Å². The Balaban J connectivity index is 2.04. The van der Waals surface area contributed by atoms with E-state index in [0.29, 0.717) is 0 Å². The third kappa shape index (κ3) is 5.22. The van der Waals surface area contributed by atoms with Crippen LogP contribution in [-0.4, -0.2) is 26.7 Å². The number of hydrogen-bond donors (Lipinski definition) is 1. The summed E-state index contributed by atoms with van der Waals surface area (Å²) in [7, 11) is -3.35. The van der Waals surface area contributed by atoms with Crippen molar-refractivity contribution in [1.82, 2.24) is 0 Å². The van der Waals surface area contributed by atoms with Gasteiger partial charge in [0.15, 0.2) is 15.9 Å². The zero-order chi connectivity index (χ0) is 19.5. The summed E-state index contributed by atoms with van der Waals surface area (Å²) in [6.45, 7) is 1.42. The van der Waals surface area contributed by atoms with Crippen LogP contribution in [0, 0.1) is 0 Å². The quantitative estimate of drug-likeness (QED) is 0.852. The number of rotatable bonds is 5. The predicted octanol–water partition coefficient (Wildman–Crippen LogP) is 3.51. The molecule has 1 amide bonds. The van der Waals surface area contributed by atoms with E-state index in [4.69, 9.17) is 4.74 Å². The molecule has 2 aromatic rings. The molecule has 0 spiro atoms. The van der Waals surface area contributed by atoms with Crippen LogP contribution < -0.4 is 10.1 Å². The zero-order valence-corrected chi connectivity index (χ0v) is 14.7. The monoisotopic (exact) mass is 387 g/mol. The Labute approximate surface area is 148 Å². The van der Waals surface area contributed by atoms with Gasteiger partial charge in [0.25, 0.3) is 5.91 Å². The summed E-state index contributed by atoms with van der Waals surface area (Å²) in [6.07, 6.45) is -4.45. The van der Waals surface area contributed by atoms with Gasteiger partial charge in [-0.3, -0.25) is 4.79 Å². The molecule has 0 aliphatic carbocycles. The summed E-state index contributed by atoms with van der Waals surface area (Å²) in [4.78, 5) is 12.2. The van der Waals surface area contributed by atoms with E-state index in [0.717, 1.165) is 18.4 Å². The van der Waals surface area contributed by atoms with E-state index < -0.39 is 33.6 Å². The fraction of sp³-hybridized carbons (Fsp3) is 0.235. The number of carbonyl (C=O) groups excluding carboxylic acids is 1. The molecule has 0 saturated carbocycles. The molecule has 2 aromatic carbocycles. The summed E-state index contributed by atoms with van der Waals surface area (Å²) >= 11 is 0. The number of ether oxygens (including phenoxy) is 1. The average molecular weight is 387 g/mol. The van der Waals surface area contributed by atoms with Gasteiger partial charge < -0.3 is 10.1 Å². The van der Waals surface area contributed by atoms with Crippen LogP contribution in [0.3, 0.4) is 0 Å². The van der Waals surface area contributed by atoms with E-state index in [-0.39, 0.29) is 16.3 Å². The second-order valence-electron chi connectivity index (χ2n) is 5.57. The molecular formula is C17H16F3NO4S. The normalized spacial score (nSPS) is 13.1. The second kappa shape index (κ2) is 7.36. The van der Waals surface area contributed by atoms with Crippen molar-refractivity contribution >= 4 is 21.4 Å². The van der Waals surface area contributed by atoms with Gasteiger partial charge in [0.1, 0.15) is 5.75 Å². The number of hydrogen-bond acceptors (Lipinski definition) is 4. The predicted molar refractivity (Wildman–Crippen MR) is 89.7 cm³/mol. The van der Waals surface area contributed by atoms with Crippen LogP contribution in [-0.2, 0) is 20.8 Å². The molecule has 1 N–H and O–H groups in total. The molecule has 2 rings (SSSR count). The molecule has 1 unspecified atom stereocenters. The number of carbonyl (C=O) groups is 1. The van der Waals surface area contributed by atoms with Crippen LogP contribution in [0.15, 0.2) is 53.4 Å². The summed E-state index contributed by atoms with van der Waals surface area (Å²) in [6, 6.07) is 9.71. The highest BCUT2D eigenvalue weighted by Crippen LogP contribution is 2.30. The molecule has 5 nitrogen and oxygen atoms in total. The number of benzene rings is 2. The lowest BCUT2D eigenvalue weighted by Crippen LogP contribution is -2.30. The molecule has 0 heterocycles. The third-order valence-electron chi connectivity index (χ3n) is 3.39. The van der Waals surface area contributed by atoms with E-state index in [1.165, 1.54) is 43.3 Å². The molecule has 0 saturated heterocycles. The van der Waals surface area contributed by atoms with E-state index in [2.05, 4.69) is 5.32 Å². The van der Waals surface area contributed by atoms with Crippen molar-refractivity contribution in [2.24, 2.45) is 0 Å². The molecule has 0 bridgehead atoms. The van der Waals surface area contributed by atoms with Crippen LogP contribution in [0.2, 0.25) is 0 Å². The summed E-state index contributed by atoms with van der Waals surface area (Å²) in [5.41, 5.74) is -0.882. The molecule has 0 radical (unpaired) electrons. The minimum Gasteiger partial charge on any atom is -0.481 e. The van der Waals surface area contributed by atoms with Gasteiger partial charge in [-0.15, -0.1) is 0 Å². The van der Waals surface area contributed by atoms with Gasteiger partial charge in [0, 0.05) is 11.9 Å². The minimum absolute atomic E-state index is 0.00676. The molecule has 1 atom stereocenters. The lowest BCUT2D eigenvalue weighted by Gasteiger charge is -2.15. The Hall–Kier alpha value is -2.55. The van der Waals surface area contributed by atoms with Gasteiger partial charge in [0.05, 0.1) is 10.5 Å². The van der Waals surface area contributed by atoms with Crippen molar-refractivity contribution in [2.75, 3.05) is 11.6 Å². The SMILES string of the molecule is CC(Oc1ccc(S(C)(=O)=O)cc1)C(=O)Nc1cccc(C(F)(F)F)c1. The van der Waals surface area contributed by atoms with Gasteiger partial charge in [-0.05, 0) is 49.4 Å². The first-order valence-corrected chi connectivity index (χ1v) is 9.31. The molecule has 0 fully saturated rings. The van der Waals surface area contributed by atoms with Crippen molar-refractivity contribution in [2.45, 2.75) is 24.1 Å². The third-order valence-corrected chi connectivity index (χ3v) is 4.52. The van der Waals surface area contributed by atoms with Gasteiger partial charge in [-0.25, -0.2) is 8.42 Å². The number of alkyl halides is 3. The Kier molecular flexibility index (Phi) is 5.60. The van der Waals surface area contributed by atoms with Crippen LogP contribution in [0.5, 0.6) is 5.75 Å². The fourth-order valence-corrected chi connectivity index (χ4v) is 2.67. The first-order valence-electron chi connectivity index (χ1n) is 7.42. The van der Waals surface area contributed by atoms with Crippen molar-refractivity contribution < 1.29 is 31.1 Å². The van der Waals surface area contributed by atoms with E-state index in [1.807, 2.05) is 0 Å².